The van der Waals surface area contributed by atoms with Crippen molar-refractivity contribution in [3.05, 3.63) is 78.1 Å². The molecule has 0 aliphatic carbocycles. The summed E-state index contributed by atoms with van der Waals surface area (Å²) >= 11 is 0. The first-order valence-electron chi connectivity index (χ1n) is 7.91. The SMILES string of the molecule is O=C(NCCc1ccc(O)cc1)c1ccc(Nc2ncccn2)cc1. The summed E-state index contributed by atoms with van der Waals surface area (Å²) in [5.41, 5.74) is 2.46. The first-order valence-corrected chi connectivity index (χ1v) is 7.91. The standard InChI is InChI=1S/C19H18N4O2/c24-17-8-2-14(3-9-17)10-13-20-18(25)15-4-6-16(7-5-15)23-19-21-11-1-12-22-19/h1-9,11-12,24H,10,13H2,(H,20,25)(H,21,22,23). The summed E-state index contributed by atoms with van der Waals surface area (Å²) in [6.45, 7) is 0.529. The minimum atomic E-state index is -0.124. The van der Waals surface area contributed by atoms with Crippen molar-refractivity contribution in [2.75, 3.05) is 11.9 Å². The number of benzene rings is 2. The van der Waals surface area contributed by atoms with Crippen molar-refractivity contribution in [2.24, 2.45) is 0 Å². The van der Waals surface area contributed by atoms with Crippen LogP contribution in [0.3, 0.4) is 0 Å². The Hall–Kier alpha value is -3.41. The van der Waals surface area contributed by atoms with Crippen LogP contribution in [0.15, 0.2) is 67.0 Å². The Bertz CT molecular complexity index is 818. The number of hydrogen-bond donors (Lipinski definition) is 3. The van der Waals surface area contributed by atoms with E-state index in [1.807, 2.05) is 24.3 Å². The maximum atomic E-state index is 12.2. The zero-order valence-electron chi connectivity index (χ0n) is 13.5. The molecular formula is C19H18N4O2. The molecule has 3 N–H and O–H groups in total. The highest BCUT2D eigenvalue weighted by molar-refractivity contribution is 5.94. The van der Waals surface area contributed by atoms with E-state index in [-0.39, 0.29) is 11.7 Å². The number of phenols is 1. The van der Waals surface area contributed by atoms with Gasteiger partial charge < -0.3 is 15.7 Å². The molecule has 0 saturated carbocycles. The van der Waals surface area contributed by atoms with Crippen LogP contribution in [0.2, 0.25) is 0 Å². The highest BCUT2D eigenvalue weighted by atomic mass is 16.3. The van der Waals surface area contributed by atoms with Crippen molar-refractivity contribution in [1.82, 2.24) is 15.3 Å². The van der Waals surface area contributed by atoms with E-state index in [1.54, 1.807) is 42.7 Å². The van der Waals surface area contributed by atoms with Crippen LogP contribution in [0, 0.1) is 0 Å². The van der Waals surface area contributed by atoms with E-state index in [0.717, 1.165) is 11.3 Å². The van der Waals surface area contributed by atoms with Crippen molar-refractivity contribution in [3.8, 4) is 5.75 Å². The highest BCUT2D eigenvalue weighted by Gasteiger charge is 2.05. The lowest BCUT2D eigenvalue weighted by atomic mass is 10.1. The number of aromatic nitrogens is 2. The van der Waals surface area contributed by atoms with E-state index in [2.05, 4.69) is 20.6 Å². The molecule has 0 spiro atoms. The molecule has 0 radical (unpaired) electrons. The topological polar surface area (TPSA) is 87.1 Å². The number of rotatable bonds is 6. The van der Waals surface area contributed by atoms with Crippen LogP contribution < -0.4 is 10.6 Å². The summed E-state index contributed by atoms with van der Waals surface area (Å²) < 4.78 is 0. The summed E-state index contributed by atoms with van der Waals surface area (Å²) in [4.78, 5) is 20.3. The van der Waals surface area contributed by atoms with Crippen LogP contribution in [0.4, 0.5) is 11.6 Å². The third kappa shape index (κ3) is 4.78. The van der Waals surface area contributed by atoms with Crippen LogP contribution in [0.25, 0.3) is 0 Å². The van der Waals surface area contributed by atoms with Crippen molar-refractivity contribution in [3.63, 3.8) is 0 Å². The van der Waals surface area contributed by atoms with E-state index >= 15 is 0 Å². The number of aromatic hydroxyl groups is 1. The van der Waals surface area contributed by atoms with Gasteiger partial charge in [-0.1, -0.05) is 12.1 Å². The van der Waals surface area contributed by atoms with Crippen LogP contribution in [-0.4, -0.2) is 27.5 Å². The van der Waals surface area contributed by atoms with Gasteiger partial charge in [-0.3, -0.25) is 4.79 Å². The molecule has 2 aromatic carbocycles. The Morgan fingerprint density at radius 3 is 2.32 bits per heavy atom. The summed E-state index contributed by atoms with van der Waals surface area (Å²) in [5.74, 6) is 0.622. The number of phenolic OH excluding ortho intramolecular Hbond substituents is 1. The minimum absolute atomic E-state index is 0.124. The van der Waals surface area contributed by atoms with Crippen molar-refractivity contribution in [2.45, 2.75) is 6.42 Å². The third-order valence-corrected chi connectivity index (χ3v) is 3.60. The molecule has 0 saturated heterocycles. The zero-order valence-corrected chi connectivity index (χ0v) is 13.5. The second-order valence-corrected chi connectivity index (χ2v) is 5.45. The number of hydrogen-bond acceptors (Lipinski definition) is 5. The van der Waals surface area contributed by atoms with Crippen LogP contribution >= 0.6 is 0 Å². The monoisotopic (exact) mass is 334 g/mol. The van der Waals surface area contributed by atoms with Crippen LogP contribution in [0.5, 0.6) is 5.75 Å². The molecule has 3 aromatic rings. The lowest BCUT2D eigenvalue weighted by molar-refractivity contribution is 0.0954. The van der Waals surface area contributed by atoms with Gasteiger partial charge in [0.15, 0.2) is 0 Å². The molecule has 6 heteroatoms. The maximum absolute atomic E-state index is 12.2. The Morgan fingerprint density at radius 2 is 1.64 bits per heavy atom. The second-order valence-electron chi connectivity index (χ2n) is 5.45. The molecular weight excluding hydrogens is 316 g/mol. The van der Waals surface area contributed by atoms with E-state index in [0.29, 0.717) is 24.5 Å². The van der Waals surface area contributed by atoms with Gasteiger partial charge in [-0.05, 0) is 54.4 Å². The minimum Gasteiger partial charge on any atom is -0.508 e. The Labute approximate surface area is 145 Å². The average molecular weight is 334 g/mol. The number of anilines is 2. The van der Waals surface area contributed by atoms with Crippen molar-refractivity contribution < 1.29 is 9.90 Å². The van der Waals surface area contributed by atoms with Gasteiger partial charge in [0.05, 0.1) is 0 Å². The van der Waals surface area contributed by atoms with Gasteiger partial charge in [-0.25, -0.2) is 9.97 Å². The van der Waals surface area contributed by atoms with E-state index in [1.165, 1.54) is 0 Å². The van der Waals surface area contributed by atoms with Crippen LogP contribution in [0.1, 0.15) is 15.9 Å². The molecule has 0 unspecified atom stereocenters. The highest BCUT2D eigenvalue weighted by Crippen LogP contribution is 2.13. The lowest BCUT2D eigenvalue weighted by Crippen LogP contribution is -2.25. The summed E-state index contributed by atoms with van der Waals surface area (Å²) in [7, 11) is 0. The van der Waals surface area contributed by atoms with Gasteiger partial charge in [0.2, 0.25) is 5.95 Å². The molecule has 1 aromatic heterocycles. The smallest absolute Gasteiger partial charge is 0.251 e. The Kier molecular flexibility index (Phi) is 5.21. The fraction of sp³-hybridized carbons (Fsp3) is 0.105. The molecule has 1 amide bonds. The number of amides is 1. The summed E-state index contributed by atoms with van der Waals surface area (Å²) in [5, 5.41) is 15.2. The predicted molar refractivity (Wildman–Crippen MR) is 95.9 cm³/mol. The molecule has 3 rings (SSSR count). The first kappa shape index (κ1) is 16.4. The van der Waals surface area contributed by atoms with Crippen molar-refractivity contribution in [1.29, 1.82) is 0 Å². The number of nitrogens with one attached hydrogen (secondary N) is 2. The molecule has 6 nitrogen and oxygen atoms in total. The van der Waals surface area contributed by atoms with Crippen LogP contribution in [-0.2, 0) is 6.42 Å². The zero-order chi connectivity index (χ0) is 17.5. The lowest BCUT2D eigenvalue weighted by Gasteiger charge is -2.07. The molecule has 0 aliphatic heterocycles. The first-order chi connectivity index (χ1) is 12.2. The molecule has 0 fully saturated rings. The van der Waals surface area contributed by atoms with Gasteiger partial charge >= 0.3 is 0 Å². The number of carbonyl (C=O) groups excluding carboxylic acids is 1. The quantitative estimate of drug-likeness (QED) is 0.645. The van der Waals surface area contributed by atoms with Gasteiger partial charge in [0.25, 0.3) is 5.91 Å². The molecule has 0 bridgehead atoms. The third-order valence-electron chi connectivity index (χ3n) is 3.60. The molecule has 1 heterocycles. The normalized spacial score (nSPS) is 10.2. The second kappa shape index (κ2) is 7.92. The van der Waals surface area contributed by atoms with Gasteiger partial charge in [0.1, 0.15) is 5.75 Å². The average Bonchev–Trinajstić information content (AvgIpc) is 2.65. The number of nitrogens with zero attached hydrogens (tertiary/aromatic N) is 2. The Morgan fingerprint density at radius 1 is 0.960 bits per heavy atom. The van der Waals surface area contributed by atoms with Gasteiger partial charge in [-0.2, -0.15) is 0 Å². The van der Waals surface area contributed by atoms with Gasteiger partial charge in [0, 0.05) is 30.2 Å². The maximum Gasteiger partial charge on any atom is 0.251 e. The summed E-state index contributed by atoms with van der Waals surface area (Å²) in [6.07, 6.45) is 4.02. The fourth-order valence-electron chi connectivity index (χ4n) is 2.28. The number of carbonyl (C=O) groups is 1. The Balaban J connectivity index is 1.51. The predicted octanol–water partition coefficient (Wildman–Crippen LogP) is 2.90. The summed E-state index contributed by atoms with van der Waals surface area (Å²) in [6, 6.07) is 15.8. The van der Waals surface area contributed by atoms with Crippen molar-refractivity contribution >= 4 is 17.5 Å². The molecule has 25 heavy (non-hydrogen) atoms. The largest absolute Gasteiger partial charge is 0.508 e. The molecule has 126 valence electrons. The van der Waals surface area contributed by atoms with E-state index in [9.17, 15) is 9.90 Å². The van der Waals surface area contributed by atoms with E-state index in [4.69, 9.17) is 0 Å². The fourth-order valence-corrected chi connectivity index (χ4v) is 2.28. The van der Waals surface area contributed by atoms with E-state index < -0.39 is 0 Å². The van der Waals surface area contributed by atoms with Gasteiger partial charge in [-0.15, -0.1) is 0 Å². The molecule has 0 atom stereocenters. The molecule has 0 aliphatic rings.